The molecule has 2 aromatic carbocycles. The SMILES string of the molecule is Nc1cc(F)ccc1Oc1ccc2c(c1)CCC(=O)N2. The van der Waals surface area contributed by atoms with E-state index in [1.165, 1.54) is 18.2 Å². The molecule has 0 aliphatic carbocycles. The summed E-state index contributed by atoms with van der Waals surface area (Å²) in [6.07, 6.45) is 1.15. The van der Waals surface area contributed by atoms with Crippen molar-refractivity contribution in [1.29, 1.82) is 0 Å². The van der Waals surface area contributed by atoms with Crippen LogP contribution in [0, 0.1) is 5.82 Å². The molecule has 0 radical (unpaired) electrons. The smallest absolute Gasteiger partial charge is 0.224 e. The minimum Gasteiger partial charge on any atom is -0.455 e. The summed E-state index contributed by atoms with van der Waals surface area (Å²) in [4.78, 5) is 11.3. The molecule has 0 spiro atoms. The molecular weight excluding hydrogens is 259 g/mol. The molecule has 0 fully saturated rings. The Labute approximate surface area is 115 Å². The highest BCUT2D eigenvalue weighted by atomic mass is 19.1. The number of amides is 1. The number of carbonyl (C=O) groups is 1. The van der Waals surface area contributed by atoms with E-state index in [0.717, 1.165) is 11.3 Å². The number of hydrogen-bond donors (Lipinski definition) is 2. The Morgan fingerprint density at radius 2 is 2.00 bits per heavy atom. The van der Waals surface area contributed by atoms with Gasteiger partial charge in [-0.15, -0.1) is 0 Å². The van der Waals surface area contributed by atoms with Gasteiger partial charge in [0.05, 0.1) is 5.69 Å². The maximum absolute atomic E-state index is 13.0. The number of benzene rings is 2. The van der Waals surface area contributed by atoms with E-state index in [0.29, 0.717) is 24.3 Å². The van der Waals surface area contributed by atoms with Crippen LogP contribution in [0.3, 0.4) is 0 Å². The maximum Gasteiger partial charge on any atom is 0.224 e. The average molecular weight is 272 g/mol. The first-order chi connectivity index (χ1) is 9.61. The highest BCUT2D eigenvalue weighted by Crippen LogP contribution is 2.32. The van der Waals surface area contributed by atoms with Gasteiger partial charge in [0.15, 0.2) is 5.75 Å². The Morgan fingerprint density at radius 3 is 2.80 bits per heavy atom. The number of halogens is 1. The number of nitrogens with two attached hydrogens (primary N) is 1. The highest BCUT2D eigenvalue weighted by molar-refractivity contribution is 5.94. The zero-order valence-electron chi connectivity index (χ0n) is 10.7. The molecule has 20 heavy (non-hydrogen) atoms. The predicted octanol–water partition coefficient (Wildman–Crippen LogP) is 3.08. The second kappa shape index (κ2) is 4.85. The predicted molar refractivity (Wildman–Crippen MR) is 74.3 cm³/mol. The van der Waals surface area contributed by atoms with E-state index < -0.39 is 5.82 Å². The van der Waals surface area contributed by atoms with E-state index in [4.69, 9.17) is 10.5 Å². The van der Waals surface area contributed by atoms with Crippen molar-refractivity contribution in [3.05, 3.63) is 47.8 Å². The van der Waals surface area contributed by atoms with Gasteiger partial charge < -0.3 is 15.8 Å². The number of hydrogen-bond acceptors (Lipinski definition) is 3. The molecule has 0 unspecified atom stereocenters. The first-order valence-electron chi connectivity index (χ1n) is 6.27. The van der Waals surface area contributed by atoms with Crippen molar-refractivity contribution in [3.63, 3.8) is 0 Å². The lowest BCUT2D eigenvalue weighted by atomic mass is 10.0. The third kappa shape index (κ3) is 2.42. The van der Waals surface area contributed by atoms with Gasteiger partial charge >= 0.3 is 0 Å². The number of ether oxygens (including phenoxy) is 1. The molecule has 2 aromatic rings. The van der Waals surface area contributed by atoms with Gasteiger partial charge in [0.25, 0.3) is 0 Å². The second-order valence-electron chi connectivity index (χ2n) is 4.65. The monoisotopic (exact) mass is 272 g/mol. The van der Waals surface area contributed by atoms with Crippen molar-refractivity contribution in [2.24, 2.45) is 0 Å². The molecule has 0 bridgehead atoms. The summed E-state index contributed by atoms with van der Waals surface area (Å²) in [5.74, 6) is 0.640. The van der Waals surface area contributed by atoms with Gasteiger partial charge in [-0.3, -0.25) is 4.79 Å². The van der Waals surface area contributed by atoms with Gasteiger partial charge in [0.2, 0.25) is 5.91 Å². The summed E-state index contributed by atoms with van der Waals surface area (Å²) in [5.41, 5.74) is 7.77. The molecule has 1 amide bonds. The zero-order chi connectivity index (χ0) is 14.1. The molecule has 1 aliphatic rings. The quantitative estimate of drug-likeness (QED) is 0.826. The largest absolute Gasteiger partial charge is 0.455 e. The summed E-state index contributed by atoms with van der Waals surface area (Å²) in [6.45, 7) is 0. The number of fused-ring (bicyclic) bond motifs is 1. The lowest BCUT2D eigenvalue weighted by Gasteiger charge is -2.18. The Hall–Kier alpha value is -2.56. The first kappa shape index (κ1) is 12.5. The fourth-order valence-corrected chi connectivity index (χ4v) is 2.16. The van der Waals surface area contributed by atoms with E-state index in [-0.39, 0.29) is 11.6 Å². The van der Waals surface area contributed by atoms with Crippen molar-refractivity contribution in [2.75, 3.05) is 11.1 Å². The van der Waals surface area contributed by atoms with Crippen LogP contribution in [-0.2, 0) is 11.2 Å². The van der Waals surface area contributed by atoms with Crippen LogP contribution in [0.4, 0.5) is 15.8 Å². The summed E-state index contributed by atoms with van der Waals surface area (Å²) < 4.78 is 18.6. The summed E-state index contributed by atoms with van der Waals surface area (Å²) in [7, 11) is 0. The van der Waals surface area contributed by atoms with Gasteiger partial charge in [-0.2, -0.15) is 0 Å². The van der Waals surface area contributed by atoms with Gasteiger partial charge in [-0.05, 0) is 42.3 Å². The van der Waals surface area contributed by atoms with Gasteiger partial charge in [-0.1, -0.05) is 0 Å². The van der Waals surface area contributed by atoms with Crippen LogP contribution >= 0.6 is 0 Å². The highest BCUT2D eigenvalue weighted by Gasteiger charge is 2.15. The minimum atomic E-state index is -0.400. The standard InChI is InChI=1S/C15H13FN2O2/c16-10-2-5-14(12(17)8-10)20-11-3-4-13-9(7-11)1-6-15(19)18-13/h2-5,7-8H,1,6,17H2,(H,18,19). The molecular formula is C15H13FN2O2. The Balaban J connectivity index is 1.86. The lowest BCUT2D eigenvalue weighted by molar-refractivity contribution is -0.116. The zero-order valence-corrected chi connectivity index (χ0v) is 10.7. The molecule has 3 rings (SSSR count). The van der Waals surface area contributed by atoms with E-state index in [2.05, 4.69) is 5.32 Å². The van der Waals surface area contributed by atoms with E-state index in [1.54, 1.807) is 12.1 Å². The Bertz CT molecular complexity index is 686. The summed E-state index contributed by atoms with van der Waals surface area (Å²) in [6, 6.07) is 9.40. The van der Waals surface area contributed by atoms with Crippen LogP contribution in [0.15, 0.2) is 36.4 Å². The molecule has 0 saturated carbocycles. The van der Waals surface area contributed by atoms with Crippen molar-refractivity contribution in [3.8, 4) is 11.5 Å². The molecule has 0 aromatic heterocycles. The summed E-state index contributed by atoms with van der Waals surface area (Å²) in [5, 5.41) is 2.80. The van der Waals surface area contributed by atoms with Gasteiger partial charge in [-0.25, -0.2) is 4.39 Å². The van der Waals surface area contributed by atoms with Crippen LogP contribution in [0.5, 0.6) is 11.5 Å². The van der Waals surface area contributed by atoms with Crippen molar-refractivity contribution in [1.82, 2.24) is 0 Å². The van der Waals surface area contributed by atoms with Crippen LogP contribution in [-0.4, -0.2) is 5.91 Å². The minimum absolute atomic E-state index is 0.0222. The second-order valence-corrected chi connectivity index (χ2v) is 4.65. The van der Waals surface area contributed by atoms with Crippen LogP contribution in [0.25, 0.3) is 0 Å². The number of aryl methyl sites for hydroxylation is 1. The average Bonchev–Trinajstić information content (AvgIpc) is 2.42. The fraction of sp³-hybridized carbons (Fsp3) is 0.133. The first-order valence-corrected chi connectivity index (χ1v) is 6.27. The van der Waals surface area contributed by atoms with Crippen molar-refractivity contribution < 1.29 is 13.9 Å². The topological polar surface area (TPSA) is 64.3 Å². The molecule has 102 valence electrons. The van der Waals surface area contributed by atoms with E-state index in [9.17, 15) is 9.18 Å². The molecule has 1 heterocycles. The van der Waals surface area contributed by atoms with E-state index in [1.807, 2.05) is 6.07 Å². The number of carbonyl (C=O) groups excluding carboxylic acids is 1. The maximum atomic E-state index is 13.0. The molecule has 4 nitrogen and oxygen atoms in total. The number of rotatable bonds is 2. The Kier molecular flexibility index (Phi) is 3.02. The number of nitrogens with one attached hydrogen (secondary N) is 1. The van der Waals surface area contributed by atoms with Gasteiger partial charge in [0.1, 0.15) is 11.6 Å². The molecule has 1 aliphatic heterocycles. The van der Waals surface area contributed by atoms with Crippen molar-refractivity contribution >= 4 is 17.3 Å². The molecule has 3 N–H and O–H groups in total. The molecule has 5 heteroatoms. The third-order valence-corrected chi connectivity index (χ3v) is 3.17. The number of nitrogen functional groups attached to an aromatic ring is 1. The van der Waals surface area contributed by atoms with Gasteiger partial charge in [0, 0.05) is 18.2 Å². The lowest BCUT2D eigenvalue weighted by Crippen LogP contribution is -2.18. The van der Waals surface area contributed by atoms with Crippen LogP contribution in [0.2, 0.25) is 0 Å². The third-order valence-electron chi connectivity index (χ3n) is 3.17. The number of anilines is 2. The molecule has 0 saturated heterocycles. The normalized spacial score (nSPS) is 13.6. The Morgan fingerprint density at radius 1 is 1.15 bits per heavy atom. The summed E-state index contributed by atoms with van der Waals surface area (Å²) >= 11 is 0. The van der Waals surface area contributed by atoms with Crippen LogP contribution < -0.4 is 15.8 Å². The van der Waals surface area contributed by atoms with Crippen molar-refractivity contribution in [2.45, 2.75) is 12.8 Å². The van der Waals surface area contributed by atoms with Crippen LogP contribution in [0.1, 0.15) is 12.0 Å². The molecule has 0 atom stereocenters. The fourth-order valence-electron chi connectivity index (χ4n) is 2.16. The van der Waals surface area contributed by atoms with E-state index >= 15 is 0 Å².